The van der Waals surface area contributed by atoms with E-state index in [-0.39, 0.29) is 23.6 Å². The van der Waals surface area contributed by atoms with Crippen LogP contribution < -0.4 is 16.6 Å². The predicted molar refractivity (Wildman–Crippen MR) is 84.6 cm³/mol. The SMILES string of the molecule is CC(C)(CNc1nc2c(cnn2C(C)(C)C)c(=O)[nH]1)C(N)=O. The summed E-state index contributed by atoms with van der Waals surface area (Å²) in [6.45, 7) is 9.64. The van der Waals surface area contributed by atoms with Crippen LogP contribution in [0.25, 0.3) is 11.0 Å². The monoisotopic (exact) mass is 306 g/mol. The number of aromatic nitrogens is 4. The maximum absolute atomic E-state index is 12.1. The molecule has 120 valence electrons. The van der Waals surface area contributed by atoms with Crippen LogP contribution in [0.5, 0.6) is 0 Å². The Bertz CT molecular complexity index is 766. The van der Waals surface area contributed by atoms with Crippen LogP contribution in [0.15, 0.2) is 11.0 Å². The minimum absolute atomic E-state index is 0.264. The number of carbonyl (C=O) groups excluding carboxylic acids is 1. The van der Waals surface area contributed by atoms with Crippen molar-refractivity contribution in [3.63, 3.8) is 0 Å². The first kappa shape index (κ1) is 16.0. The van der Waals surface area contributed by atoms with E-state index in [1.165, 1.54) is 6.20 Å². The molecule has 0 aliphatic rings. The number of nitrogens with zero attached hydrogens (tertiary/aromatic N) is 3. The number of H-pyrrole nitrogens is 1. The average molecular weight is 306 g/mol. The topological polar surface area (TPSA) is 119 Å². The third-order valence-electron chi connectivity index (χ3n) is 3.44. The summed E-state index contributed by atoms with van der Waals surface area (Å²) in [4.78, 5) is 30.5. The lowest BCUT2D eigenvalue weighted by atomic mass is 9.93. The highest BCUT2D eigenvalue weighted by molar-refractivity contribution is 5.80. The lowest BCUT2D eigenvalue weighted by Gasteiger charge is -2.21. The zero-order valence-corrected chi connectivity index (χ0v) is 13.5. The summed E-state index contributed by atoms with van der Waals surface area (Å²) in [7, 11) is 0. The Labute approximate surface area is 128 Å². The number of carbonyl (C=O) groups is 1. The fourth-order valence-corrected chi connectivity index (χ4v) is 1.88. The van der Waals surface area contributed by atoms with Gasteiger partial charge in [-0.2, -0.15) is 10.1 Å². The van der Waals surface area contributed by atoms with Gasteiger partial charge < -0.3 is 11.1 Å². The van der Waals surface area contributed by atoms with Crippen molar-refractivity contribution in [3.05, 3.63) is 16.6 Å². The Morgan fingerprint density at radius 1 is 1.36 bits per heavy atom. The van der Waals surface area contributed by atoms with E-state index in [9.17, 15) is 9.59 Å². The largest absolute Gasteiger partial charge is 0.369 e. The number of anilines is 1. The molecule has 1 amide bonds. The number of primary amides is 1. The molecule has 2 heterocycles. The molecule has 0 aliphatic carbocycles. The molecule has 0 fully saturated rings. The number of nitrogens with two attached hydrogens (primary N) is 1. The molecular weight excluding hydrogens is 284 g/mol. The second kappa shape index (κ2) is 5.11. The van der Waals surface area contributed by atoms with Crippen molar-refractivity contribution in [2.45, 2.75) is 40.2 Å². The first-order valence-electron chi connectivity index (χ1n) is 7.05. The predicted octanol–water partition coefficient (Wildman–Crippen LogP) is 0.798. The van der Waals surface area contributed by atoms with Crippen LogP contribution in [0.4, 0.5) is 5.95 Å². The van der Waals surface area contributed by atoms with E-state index in [4.69, 9.17) is 5.73 Å². The molecule has 2 aromatic rings. The van der Waals surface area contributed by atoms with Crippen LogP contribution in [0.2, 0.25) is 0 Å². The summed E-state index contributed by atoms with van der Waals surface area (Å²) < 4.78 is 1.70. The van der Waals surface area contributed by atoms with Gasteiger partial charge in [0, 0.05) is 6.54 Å². The first-order valence-corrected chi connectivity index (χ1v) is 7.05. The number of nitrogens with one attached hydrogen (secondary N) is 2. The minimum Gasteiger partial charge on any atom is -0.369 e. The Balaban J connectivity index is 2.41. The normalized spacial score (nSPS) is 12.6. The molecule has 0 aliphatic heterocycles. The van der Waals surface area contributed by atoms with E-state index in [0.29, 0.717) is 11.0 Å². The van der Waals surface area contributed by atoms with E-state index < -0.39 is 11.3 Å². The maximum atomic E-state index is 12.1. The molecule has 4 N–H and O–H groups in total. The summed E-state index contributed by atoms with van der Waals surface area (Å²) in [5.74, 6) is -0.138. The Morgan fingerprint density at radius 2 is 2.00 bits per heavy atom. The summed E-state index contributed by atoms with van der Waals surface area (Å²) in [5, 5.41) is 7.62. The smallest absolute Gasteiger partial charge is 0.263 e. The van der Waals surface area contributed by atoms with Crippen molar-refractivity contribution in [1.82, 2.24) is 19.7 Å². The van der Waals surface area contributed by atoms with Gasteiger partial charge in [0.05, 0.1) is 17.2 Å². The molecule has 0 radical (unpaired) electrons. The first-order chi connectivity index (χ1) is 10.0. The molecule has 0 bridgehead atoms. The van der Waals surface area contributed by atoms with Gasteiger partial charge in [0.1, 0.15) is 5.39 Å². The average Bonchev–Trinajstić information content (AvgIpc) is 2.80. The van der Waals surface area contributed by atoms with Gasteiger partial charge in [-0.05, 0) is 34.6 Å². The number of aromatic amines is 1. The molecule has 0 saturated heterocycles. The van der Waals surface area contributed by atoms with E-state index in [1.807, 2.05) is 20.8 Å². The second-order valence-corrected chi connectivity index (χ2v) is 6.98. The summed E-state index contributed by atoms with van der Waals surface area (Å²) in [6, 6.07) is 0. The highest BCUT2D eigenvalue weighted by atomic mass is 16.1. The minimum atomic E-state index is -0.752. The lowest BCUT2D eigenvalue weighted by molar-refractivity contribution is -0.125. The second-order valence-electron chi connectivity index (χ2n) is 6.98. The van der Waals surface area contributed by atoms with E-state index in [1.54, 1.807) is 18.5 Å². The summed E-state index contributed by atoms with van der Waals surface area (Å²) in [5.41, 5.74) is 4.50. The van der Waals surface area contributed by atoms with Crippen LogP contribution in [-0.4, -0.2) is 32.2 Å². The molecule has 8 heteroatoms. The van der Waals surface area contributed by atoms with Crippen molar-refractivity contribution < 1.29 is 4.79 Å². The van der Waals surface area contributed by atoms with Crippen LogP contribution in [0.1, 0.15) is 34.6 Å². The van der Waals surface area contributed by atoms with Crippen molar-refractivity contribution in [3.8, 4) is 0 Å². The van der Waals surface area contributed by atoms with E-state index >= 15 is 0 Å². The highest BCUT2D eigenvalue weighted by Crippen LogP contribution is 2.19. The van der Waals surface area contributed by atoms with Gasteiger partial charge in [-0.15, -0.1) is 0 Å². The maximum Gasteiger partial charge on any atom is 0.263 e. The highest BCUT2D eigenvalue weighted by Gasteiger charge is 2.25. The molecule has 2 aromatic heterocycles. The molecule has 0 unspecified atom stereocenters. The van der Waals surface area contributed by atoms with Gasteiger partial charge in [0.25, 0.3) is 5.56 Å². The Hall–Kier alpha value is -2.38. The van der Waals surface area contributed by atoms with Gasteiger partial charge in [-0.25, -0.2) is 4.68 Å². The van der Waals surface area contributed by atoms with E-state index in [2.05, 4.69) is 20.4 Å². The van der Waals surface area contributed by atoms with Crippen molar-refractivity contribution >= 4 is 22.9 Å². The van der Waals surface area contributed by atoms with Crippen LogP contribution in [0.3, 0.4) is 0 Å². The Morgan fingerprint density at radius 3 is 2.55 bits per heavy atom. The van der Waals surface area contributed by atoms with Crippen molar-refractivity contribution in [2.75, 3.05) is 11.9 Å². The summed E-state index contributed by atoms with van der Waals surface area (Å²) >= 11 is 0. The molecule has 0 aromatic carbocycles. The molecule has 0 atom stereocenters. The molecular formula is C14H22N6O2. The van der Waals surface area contributed by atoms with Crippen LogP contribution >= 0.6 is 0 Å². The number of rotatable bonds is 4. The number of hydrogen-bond acceptors (Lipinski definition) is 5. The number of fused-ring (bicyclic) bond motifs is 1. The van der Waals surface area contributed by atoms with Gasteiger partial charge in [-0.3, -0.25) is 14.6 Å². The quantitative estimate of drug-likeness (QED) is 0.772. The fraction of sp³-hybridized carbons (Fsp3) is 0.571. The van der Waals surface area contributed by atoms with Gasteiger partial charge in [-0.1, -0.05) is 0 Å². The number of amides is 1. The molecule has 0 spiro atoms. The van der Waals surface area contributed by atoms with Crippen LogP contribution in [-0.2, 0) is 10.3 Å². The molecule has 0 saturated carbocycles. The zero-order chi connectivity index (χ0) is 16.7. The third-order valence-corrected chi connectivity index (χ3v) is 3.44. The third kappa shape index (κ3) is 2.95. The molecule has 22 heavy (non-hydrogen) atoms. The number of hydrogen-bond donors (Lipinski definition) is 3. The molecule has 2 rings (SSSR count). The van der Waals surface area contributed by atoms with Crippen molar-refractivity contribution in [1.29, 1.82) is 0 Å². The van der Waals surface area contributed by atoms with Gasteiger partial charge in [0.2, 0.25) is 11.9 Å². The standard InChI is InChI=1S/C14H22N6O2/c1-13(2,3)20-9-8(6-17-20)10(21)19-12(18-9)16-7-14(4,5)11(15)22/h6H,7H2,1-5H3,(H2,15,22)(H2,16,18,19,21). The zero-order valence-electron chi connectivity index (χ0n) is 13.5. The fourth-order valence-electron chi connectivity index (χ4n) is 1.88. The molecule has 8 nitrogen and oxygen atoms in total. The van der Waals surface area contributed by atoms with E-state index in [0.717, 1.165) is 0 Å². The van der Waals surface area contributed by atoms with Crippen molar-refractivity contribution in [2.24, 2.45) is 11.1 Å². The van der Waals surface area contributed by atoms with Gasteiger partial charge >= 0.3 is 0 Å². The Kier molecular flexibility index (Phi) is 3.72. The lowest BCUT2D eigenvalue weighted by Crippen LogP contribution is -2.38. The summed E-state index contributed by atoms with van der Waals surface area (Å²) in [6.07, 6.45) is 1.50. The van der Waals surface area contributed by atoms with Gasteiger partial charge in [0.15, 0.2) is 5.65 Å². The van der Waals surface area contributed by atoms with Crippen LogP contribution in [0, 0.1) is 5.41 Å².